The Kier molecular flexibility index (Phi) is 3.90. The van der Waals surface area contributed by atoms with Gasteiger partial charge in [-0.2, -0.15) is 0 Å². The van der Waals surface area contributed by atoms with E-state index in [4.69, 9.17) is 0 Å². The van der Waals surface area contributed by atoms with Crippen molar-refractivity contribution >= 4 is 16.6 Å². The van der Waals surface area contributed by atoms with E-state index in [0.29, 0.717) is 6.54 Å². The van der Waals surface area contributed by atoms with Gasteiger partial charge in [-0.25, -0.2) is 9.37 Å². The third-order valence-electron chi connectivity index (χ3n) is 4.69. The van der Waals surface area contributed by atoms with Crippen LogP contribution < -0.4 is 0 Å². The first kappa shape index (κ1) is 15.1. The van der Waals surface area contributed by atoms with Crippen LogP contribution in [0.4, 0.5) is 4.39 Å². The molecule has 1 aliphatic rings. The van der Waals surface area contributed by atoms with Gasteiger partial charge < -0.3 is 4.98 Å². The zero-order valence-electron chi connectivity index (χ0n) is 13.7. The highest BCUT2D eigenvalue weighted by molar-refractivity contribution is 5.90. The van der Waals surface area contributed by atoms with Crippen LogP contribution in [0.3, 0.4) is 0 Å². The number of pyridine rings is 1. The maximum atomic E-state index is 14.0. The van der Waals surface area contributed by atoms with Crippen molar-refractivity contribution in [3.63, 3.8) is 0 Å². The molecule has 4 rings (SSSR count). The van der Waals surface area contributed by atoms with Crippen molar-refractivity contribution in [3.8, 4) is 0 Å². The van der Waals surface area contributed by atoms with Gasteiger partial charge in [0, 0.05) is 48.5 Å². The van der Waals surface area contributed by atoms with Crippen LogP contribution in [0.15, 0.2) is 48.8 Å². The van der Waals surface area contributed by atoms with Crippen LogP contribution in [0, 0.1) is 12.7 Å². The molecule has 24 heavy (non-hydrogen) atoms. The summed E-state index contributed by atoms with van der Waals surface area (Å²) in [5, 5.41) is 1.17. The van der Waals surface area contributed by atoms with Gasteiger partial charge in [0.15, 0.2) is 0 Å². The Morgan fingerprint density at radius 2 is 2.21 bits per heavy atom. The number of hydrogen-bond donors (Lipinski definition) is 1. The molecule has 0 atom stereocenters. The Labute approximate surface area is 140 Å². The van der Waals surface area contributed by atoms with Crippen LogP contribution in [-0.2, 0) is 6.54 Å². The topological polar surface area (TPSA) is 31.9 Å². The van der Waals surface area contributed by atoms with Crippen LogP contribution in [0.2, 0.25) is 0 Å². The number of rotatable bonds is 3. The number of benzene rings is 1. The van der Waals surface area contributed by atoms with Crippen LogP contribution in [0.5, 0.6) is 0 Å². The van der Waals surface area contributed by atoms with Crippen LogP contribution in [0.1, 0.15) is 23.1 Å². The van der Waals surface area contributed by atoms with E-state index in [2.05, 4.69) is 27.0 Å². The number of halogens is 1. The van der Waals surface area contributed by atoms with E-state index in [1.165, 1.54) is 16.5 Å². The van der Waals surface area contributed by atoms with Crippen molar-refractivity contribution in [3.05, 3.63) is 71.3 Å². The summed E-state index contributed by atoms with van der Waals surface area (Å²) >= 11 is 0. The lowest BCUT2D eigenvalue weighted by Crippen LogP contribution is -2.28. The molecule has 2 aromatic heterocycles. The van der Waals surface area contributed by atoms with Gasteiger partial charge in [0.05, 0.1) is 0 Å². The molecule has 3 nitrogen and oxygen atoms in total. The number of aromatic amines is 1. The smallest absolute Gasteiger partial charge is 0.137 e. The van der Waals surface area contributed by atoms with Crippen molar-refractivity contribution in [1.82, 2.24) is 14.9 Å². The molecule has 122 valence electrons. The molecule has 0 fully saturated rings. The summed E-state index contributed by atoms with van der Waals surface area (Å²) in [6, 6.07) is 9.55. The van der Waals surface area contributed by atoms with Gasteiger partial charge in [0.25, 0.3) is 0 Å². The molecule has 4 heteroatoms. The molecule has 0 amide bonds. The molecule has 1 aromatic carbocycles. The molecule has 0 radical (unpaired) electrons. The van der Waals surface area contributed by atoms with E-state index in [-0.39, 0.29) is 5.82 Å². The summed E-state index contributed by atoms with van der Waals surface area (Å²) in [6.07, 6.45) is 7.06. The average Bonchev–Trinajstić information content (AvgIpc) is 3.02. The molecule has 0 aliphatic carbocycles. The molecule has 0 saturated heterocycles. The van der Waals surface area contributed by atoms with E-state index in [1.54, 1.807) is 12.3 Å². The summed E-state index contributed by atoms with van der Waals surface area (Å²) in [6.45, 7) is 4.35. The maximum Gasteiger partial charge on any atom is 0.137 e. The lowest BCUT2D eigenvalue weighted by molar-refractivity contribution is 0.289. The van der Waals surface area contributed by atoms with Crippen molar-refractivity contribution in [2.45, 2.75) is 19.9 Å². The number of nitrogens with one attached hydrogen (secondary N) is 1. The molecular weight excluding hydrogens is 301 g/mol. The Morgan fingerprint density at radius 1 is 1.29 bits per heavy atom. The van der Waals surface area contributed by atoms with Gasteiger partial charge in [0.2, 0.25) is 0 Å². The predicted molar refractivity (Wildman–Crippen MR) is 95.1 cm³/mol. The molecule has 1 aliphatic heterocycles. The van der Waals surface area contributed by atoms with Crippen molar-refractivity contribution in [1.29, 1.82) is 0 Å². The fraction of sp³-hybridized carbons (Fsp3) is 0.250. The monoisotopic (exact) mass is 321 g/mol. The SMILES string of the molecule is Cc1ccc(CN2CC=C(c3c[nH]c4ncccc34)CC2)c(F)c1. The minimum atomic E-state index is -0.104. The molecule has 0 saturated carbocycles. The van der Waals surface area contributed by atoms with Gasteiger partial charge >= 0.3 is 0 Å². The number of hydrogen-bond acceptors (Lipinski definition) is 2. The van der Waals surface area contributed by atoms with Crippen molar-refractivity contribution in [2.24, 2.45) is 0 Å². The highest BCUT2D eigenvalue weighted by atomic mass is 19.1. The normalized spacial score (nSPS) is 15.7. The summed E-state index contributed by atoms with van der Waals surface area (Å²) in [4.78, 5) is 9.87. The average molecular weight is 321 g/mol. The van der Waals surface area contributed by atoms with Gasteiger partial charge in [0.1, 0.15) is 11.5 Å². The predicted octanol–water partition coefficient (Wildman–Crippen LogP) is 4.30. The molecule has 1 N–H and O–H groups in total. The van der Waals surface area contributed by atoms with Crippen molar-refractivity contribution in [2.75, 3.05) is 13.1 Å². The van der Waals surface area contributed by atoms with Crippen molar-refractivity contribution < 1.29 is 4.39 Å². The van der Waals surface area contributed by atoms with Gasteiger partial charge in [-0.15, -0.1) is 0 Å². The van der Waals surface area contributed by atoms with Gasteiger partial charge in [-0.1, -0.05) is 18.2 Å². The van der Waals surface area contributed by atoms with E-state index < -0.39 is 0 Å². The molecular formula is C20H20FN3. The van der Waals surface area contributed by atoms with E-state index >= 15 is 0 Å². The van der Waals surface area contributed by atoms with Gasteiger partial charge in [-0.05, 0) is 42.7 Å². The summed E-state index contributed by atoms with van der Waals surface area (Å²) in [5.74, 6) is -0.104. The minimum Gasteiger partial charge on any atom is -0.346 e. The molecule has 3 aromatic rings. The maximum absolute atomic E-state index is 14.0. The minimum absolute atomic E-state index is 0.104. The quantitative estimate of drug-likeness (QED) is 0.780. The van der Waals surface area contributed by atoms with E-state index in [0.717, 1.165) is 36.3 Å². The fourth-order valence-corrected chi connectivity index (χ4v) is 3.34. The zero-order valence-corrected chi connectivity index (χ0v) is 13.7. The molecule has 0 spiro atoms. The number of H-pyrrole nitrogens is 1. The molecule has 0 unspecified atom stereocenters. The number of fused-ring (bicyclic) bond motifs is 1. The second kappa shape index (κ2) is 6.21. The Balaban J connectivity index is 1.51. The standard InChI is InChI=1S/C20H20FN3/c1-14-4-5-16(19(21)11-14)13-24-9-6-15(7-10-24)18-12-23-20-17(18)3-2-8-22-20/h2-6,8,11-12H,7,9-10,13H2,1H3,(H,22,23). The van der Waals surface area contributed by atoms with Crippen LogP contribution >= 0.6 is 0 Å². The molecule has 0 bridgehead atoms. The Hall–Kier alpha value is -2.46. The Morgan fingerprint density at radius 3 is 3.00 bits per heavy atom. The highest BCUT2D eigenvalue weighted by Gasteiger charge is 2.17. The number of aryl methyl sites for hydroxylation is 1. The van der Waals surface area contributed by atoms with E-state index in [1.807, 2.05) is 31.3 Å². The lowest BCUT2D eigenvalue weighted by atomic mass is 9.99. The first-order valence-electron chi connectivity index (χ1n) is 8.29. The van der Waals surface area contributed by atoms with Gasteiger partial charge in [-0.3, -0.25) is 4.90 Å². The second-order valence-corrected chi connectivity index (χ2v) is 6.41. The van der Waals surface area contributed by atoms with Crippen LogP contribution in [0.25, 0.3) is 16.6 Å². The van der Waals surface area contributed by atoms with E-state index in [9.17, 15) is 4.39 Å². The third kappa shape index (κ3) is 2.85. The number of aromatic nitrogens is 2. The Bertz CT molecular complexity index is 910. The first-order valence-corrected chi connectivity index (χ1v) is 8.29. The molecule has 3 heterocycles. The summed E-state index contributed by atoms with van der Waals surface area (Å²) < 4.78 is 14.0. The first-order chi connectivity index (χ1) is 11.7. The van der Waals surface area contributed by atoms with Crippen LogP contribution in [-0.4, -0.2) is 28.0 Å². The summed E-state index contributed by atoms with van der Waals surface area (Å²) in [7, 11) is 0. The largest absolute Gasteiger partial charge is 0.346 e. The highest BCUT2D eigenvalue weighted by Crippen LogP contribution is 2.28. The second-order valence-electron chi connectivity index (χ2n) is 6.41. The fourth-order valence-electron chi connectivity index (χ4n) is 3.34. The third-order valence-corrected chi connectivity index (χ3v) is 4.69. The lowest BCUT2D eigenvalue weighted by Gasteiger charge is -2.26. The number of nitrogens with zero attached hydrogens (tertiary/aromatic N) is 2. The summed E-state index contributed by atoms with van der Waals surface area (Å²) in [5.41, 5.74) is 5.24. The zero-order chi connectivity index (χ0) is 16.5.